The molecular formula is C40H38F8N6O3. The molecule has 4 fully saturated rings. The van der Waals surface area contributed by atoms with Gasteiger partial charge in [0.1, 0.15) is 35.2 Å². The van der Waals surface area contributed by atoms with Gasteiger partial charge in [-0.05, 0) is 88.4 Å². The van der Waals surface area contributed by atoms with Gasteiger partial charge < -0.3 is 24.8 Å². The largest absolute Gasteiger partial charge is 0.508 e. The third kappa shape index (κ3) is 5.95. The molecule has 0 radical (unpaired) electrons. The highest BCUT2D eigenvalue weighted by Gasteiger charge is 2.69. The molecule has 7 heterocycles. The van der Waals surface area contributed by atoms with Crippen LogP contribution in [0.4, 0.5) is 40.9 Å². The first-order valence-corrected chi connectivity index (χ1v) is 19.0. The zero-order valence-corrected chi connectivity index (χ0v) is 30.7. The van der Waals surface area contributed by atoms with Crippen LogP contribution in [0.15, 0.2) is 24.3 Å². The summed E-state index contributed by atoms with van der Waals surface area (Å²) in [6, 6.07) is 4.71. The number of halogens is 8. The number of rotatable bonds is 7. The SMILES string of the molecule is C#Cc1c(F)ccc2cc(O)cc(-c3nc4c5c(nc(OC[C@@]67CCCN6[C@H](COC(C)(C(F)(F)F)C(F)(F)F)CC7)nc5c3F)N3C[C@@H]5CC[C@@H](N5)[C@H]3CC4)c12. The van der Waals surface area contributed by atoms with Crippen LogP contribution in [0.1, 0.15) is 63.1 Å². The predicted molar refractivity (Wildman–Crippen MR) is 193 cm³/mol. The zero-order chi connectivity index (χ0) is 40.2. The smallest absolute Gasteiger partial charge is 0.426 e. The maximum Gasteiger partial charge on any atom is 0.426 e. The Labute approximate surface area is 321 Å². The molecule has 5 atom stereocenters. The van der Waals surface area contributed by atoms with Gasteiger partial charge in [0.15, 0.2) is 5.82 Å². The first kappa shape index (κ1) is 38.0. The third-order valence-electron chi connectivity index (χ3n) is 12.9. The number of phenolic OH excluding ortho intramolecular Hbond substituents is 1. The van der Waals surface area contributed by atoms with Gasteiger partial charge in [-0.25, -0.2) is 13.8 Å². The molecule has 5 aliphatic heterocycles. The van der Waals surface area contributed by atoms with Gasteiger partial charge in [-0.2, -0.15) is 36.3 Å². The van der Waals surface area contributed by atoms with E-state index >= 15 is 8.78 Å². The number of alkyl halides is 6. The summed E-state index contributed by atoms with van der Waals surface area (Å²) >= 11 is 0. The topological polar surface area (TPSA) is 95.9 Å². The third-order valence-corrected chi connectivity index (χ3v) is 12.9. The molecule has 2 aromatic carbocycles. The van der Waals surface area contributed by atoms with Gasteiger partial charge in [0.2, 0.25) is 0 Å². The molecule has 2 bridgehead atoms. The van der Waals surface area contributed by atoms with Crippen LogP contribution in [-0.2, 0) is 11.2 Å². The summed E-state index contributed by atoms with van der Waals surface area (Å²) in [5, 5.41) is 15.4. The molecule has 302 valence electrons. The lowest BCUT2D eigenvalue weighted by atomic mass is 9.95. The van der Waals surface area contributed by atoms with E-state index in [0.717, 1.165) is 12.8 Å². The van der Waals surface area contributed by atoms with Crippen LogP contribution in [-0.4, -0.2) is 98.9 Å². The molecule has 0 unspecified atom stereocenters. The molecule has 0 aliphatic carbocycles. The van der Waals surface area contributed by atoms with Gasteiger partial charge in [-0.15, -0.1) is 6.42 Å². The molecule has 9 rings (SSSR count). The second-order valence-corrected chi connectivity index (χ2v) is 16.1. The summed E-state index contributed by atoms with van der Waals surface area (Å²) in [6.45, 7) is 0.148. The molecule has 0 amide bonds. The van der Waals surface area contributed by atoms with Crippen LogP contribution < -0.4 is 15.0 Å². The van der Waals surface area contributed by atoms with Crippen molar-refractivity contribution < 1.29 is 49.7 Å². The summed E-state index contributed by atoms with van der Waals surface area (Å²) in [4.78, 5) is 18.3. The number of phenols is 1. The minimum absolute atomic E-state index is 0.00316. The van der Waals surface area contributed by atoms with E-state index in [1.165, 1.54) is 24.3 Å². The molecular weight excluding hydrogens is 764 g/mol. The number of hydrogen-bond donors (Lipinski definition) is 2. The maximum atomic E-state index is 17.3. The average Bonchev–Trinajstić information content (AvgIpc) is 3.82. The van der Waals surface area contributed by atoms with Gasteiger partial charge in [-0.1, -0.05) is 12.0 Å². The van der Waals surface area contributed by atoms with Gasteiger partial charge in [0, 0.05) is 41.7 Å². The Hall–Kier alpha value is -4.53. The van der Waals surface area contributed by atoms with Crippen molar-refractivity contribution in [1.82, 2.24) is 25.2 Å². The number of piperazine rings is 1. The minimum Gasteiger partial charge on any atom is -0.508 e. The number of aryl methyl sites for hydroxylation is 1. The van der Waals surface area contributed by atoms with Crippen molar-refractivity contribution in [2.75, 3.05) is 31.2 Å². The molecule has 9 nitrogen and oxygen atoms in total. The van der Waals surface area contributed by atoms with E-state index in [0.29, 0.717) is 67.5 Å². The Morgan fingerprint density at radius 1 is 1.00 bits per heavy atom. The van der Waals surface area contributed by atoms with Crippen molar-refractivity contribution in [1.29, 1.82) is 0 Å². The van der Waals surface area contributed by atoms with Crippen molar-refractivity contribution in [3.8, 4) is 35.4 Å². The van der Waals surface area contributed by atoms with Crippen LogP contribution in [0.2, 0.25) is 0 Å². The fourth-order valence-corrected chi connectivity index (χ4v) is 9.94. The summed E-state index contributed by atoms with van der Waals surface area (Å²) < 4.78 is 125. The number of aromatic nitrogens is 3. The van der Waals surface area contributed by atoms with Crippen molar-refractivity contribution in [2.24, 2.45) is 0 Å². The zero-order valence-electron chi connectivity index (χ0n) is 30.7. The van der Waals surface area contributed by atoms with Gasteiger partial charge in [-0.3, -0.25) is 4.90 Å². The van der Waals surface area contributed by atoms with Crippen molar-refractivity contribution >= 4 is 27.5 Å². The van der Waals surface area contributed by atoms with Crippen LogP contribution in [0.25, 0.3) is 32.9 Å². The standard InChI is InChI=1S/C40H38F8N6O3/c1-3-24-26(41)7-5-20-15-23(55)16-25(30(20)24)33-32(42)34-31-28(50-33)9-10-29-27-8-6-21(49-27)17-53(29)35(31)52-36(51-34)56-19-38-12-4-14-54(38)22(11-13-38)18-57-37(2,39(43,44)45)40(46,47)48/h1,5,7,15-16,21-22,27,29,49,55H,4,6,8-14,17-19H2,2H3/t21-,22-,27+,29+,38-/m0/s1. The highest BCUT2D eigenvalue weighted by molar-refractivity contribution is 6.03. The molecule has 57 heavy (non-hydrogen) atoms. The molecule has 0 saturated carbocycles. The Morgan fingerprint density at radius 3 is 2.54 bits per heavy atom. The van der Waals surface area contributed by atoms with E-state index in [2.05, 4.69) is 21.1 Å². The molecule has 2 N–H and O–H groups in total. The fourth-order valence-electron chi connectivity index (χ4n) is 9.94. The number of anilines is 1. The highest BCUT2D eigenvalue weighted by atomic mass is 19.4. The van der Waals surface area contributed by atoms with Crippen LogP contribution in [0, 0.1) is 24.0 Å². The van der Waals surface area contributed by atoms with Crippen molar-refractivity contribution in [3.63, 3.8) is 0 Å². The normalized spacial score (nSPS) is 26.1. The van der Waals surface area contributed by atoms with Gasteiger partial charge >= 0.3 is 18.4 Å². The van der Waals surface area contributed by atoms with E-state index in [4.69, 9.17) is 25.9 Å². The average molecular weight is 803 g/mol. The number of hydrogen-bond acceptors (Lipinski definition) is 9. The summed E-state index contributed by atoms with van der Waals surface area (Å²) in [7, 11) is 0. The van der Waals surface area contributed by atoms with Gasteiger partial charge in [0.05, 0.1) is 28.8 Å². The Kier molecular flexibility index (Phi) is 8.84. The Bertz CT molecular complexity index is 2320. The number of fused-ring (bicyclic) bond motifs is 7. The lowest BCUT2D eigenvalue weighted by Gasteiger charge is -2.41. The van der Waals surface area contributed by atoms with Crippen LogP contribution >= 0.6 is 0 Å². The number of benzene rings is 2. The Balaban J connectivity index is 1.11. The van der Waals surface area contributed by atoms with Crippen LogP contribution in [0.5, 0.6) is 11.8 Å². The molecule has 0 spiro atoms. The first-order valence-electron chi connectivity index (χ1n) is 19.0. The van der Waals surface area contributed by atoms with E-state index in [9.17, 15) is 31.4 Å². The maximum absolute atomic E-state index is 17.3. The summed E-state index contributed by atoms with van der Waals surface area (Å²) in [6.07, 6.45) is -0.784. The lowest BCUT2D eigenvalue weighted by molar-refractivity contribution is -0.375. The van der Waals surface area contributed by atoms with E-state index in [-0.39, 0.29) is 77.6 Å². The van der Waals surface area contributed by atoms with E-state index in [1.807, 2.05) is 4.90 Å². The lowest BCUT2D eigenvalue weighted by Crippen LogP contribution is -2.58. The molecule has 2 aromatic heterocycles. The first-order chi connectivity index (χ1) is 27.0. The number of nitrogens with zero attached hydrogens (tertiary/aromatic N) is 5. The minimum atomic E-state index is -5.68. The number of ether oxygens (including phenoxy) is 2. The predicted octanol–water partition coefficient (Wildman–Crippen LogP) is 7.34. The summed E-state index contributed by atoms with van der Waals surface area (Å²) in [5.41, 5.74) is -4.93. The van der Waals surface area contributed by atoms with Crippen LogP contribution in [0.3, 0.4) is 0 Å². The monoisotopic (exact) mass is 802 g/mol. The van der Waals surface area contributed by atoms with Crippen molar-refractivity contribution in [3.05, 3.63) is 47.2 Å². The Morgan fingerprint density at radius 2 is 1.79 bits per heavy atom. The van der Waals surface area contributed by atoms with E-state index in [1.54, 1.807) is 0 Å². The highest BCUT2D eigenvalue weighted by Crippen LogP contribution is 2.49. The number of terminal acetylenes is 1. The number of nitrogens with one attached hydrogen (secondary N) is 1. The van der Waals surface area contributed by atoms with Gasteiger partial charge in [0.25, 0.3) is 5.60 Å². The molecule has 4 aromatic rings. The summed E-state index contributed by atoms with van der Waals surface area (Å²) in [5.74, 6) is 1.01. The molecule has 17 heteroatoms. The number of pyridine rings is 1. The second kappa shape index (κ2) is 13.3. The van der Waals surface area contributed by atoms with Crippen molar-refractivity contribution in [2.45, 2.75) is 106 Å². The number of aromatic hydroxyl groups is 1. The quantitative estimate of drug-likeness (QED) is 0.147. The molecule has 4 saturated heterocycles. The van der Waals surface area contributed by atoms with E-state index < -0.39 is 47.8 Å². The second-order valence-electron chi connectivity index (χ2n) is 16.1. The fraction of sp³-hybridized carbons (Fsp3) is 0.525. The molecule has 5 aliphatic rings.